The molecule has 2 aromatic carbocycles. The van der Waals surface area contributed by atoms with Gasteiger partial charge in [0.25, 0.3) is 0 Å². The van der Waals surface area contributed by atoms with Crippen LogP contribution in [0.2, 0.25) is 0 Å². The molecule has 0 saturated carbocycles. The highest BCUT2D eigenvalue weighted by Crippen LogP contribution is 2.27. The monoisotopic (exact) mass is 280 g/mol. The van der Waals surface area contributed by atoms with Crippen LogP contribution in [0, 0.1) is 0 Å². The maximum atomic E-state index is 3.69. The molecule has 110 valence electrons. The number of likely N-dealkylation sites (N-methyl/N-ethyl adjacent to an activating group) is 1. The summed E-state index contributed by atoms with van der Waals surface area (Å²) in [5.74, 6) is 0. The van der Waals surface area contributed by atoms with E-state index in [0.29, 0.717) is 6.04 Å². The maximum absolute atomic E-state index is 3.69. The second-order valence-corrected chi connectivity index (χ2v) is 5.89. The number of nitrogens with one attached hydrogen (secondary N) is 1. The van der Waals surface area contributed by atoms with Gasteiger partial charge in [0.2, 0.25) is 0 Å². The average Bonchev–Trinajstić information content (AvgIpc) is 2.90. The molecule has 0 saturated heterocycles. The second kappa shape index (κ2) is 6.31. The molecule has 0 spiro atoms. The van der Waals surface area contributed by atoms with Gasteiger partial charge in [-0.25, -0.2) is 0 Å². The molecule has 2 aromatic rings. The number of hydrogen-bond acceptors (Lipinski definition) is 2. The molecule has 1 atom stereocenters. The van der Waals surface area contributed by atoms with Crippen LogP contribution in [0.1, 0.15) is 36.1 Å². The molecule has 0 amide bonds. The number of benzene rings is 2. The normalized spacial score (nSPS) is 15.0. The quantitative estimate of drug-likeness (QED) is 0.893. The molecule has 2 heteroatoms. The van der Waals surface area contributed by atoms with Crippen molar-refractivity contribution in [1.29, 1.82) is 0 Å². The van der Waals surface area contributed by atoms with Crippen molar-refractivity contribution in [3.63, 3.8) is 0 Å². The summed E-state index contributed by atoms with van der Waals surface area (Å²) in [4.78, 5) is 2.34. The number of nitrogens with zero attached hydrogens (tertiary/aromatic N) is 1. The first-order valence-electron chi connectivity index (χ1n) is 7.89. The first kappa shape index (κ1) is 14.2. The van der Waals surface area contributed by atoms with Crippen molar-refractivity contribution in [1.82, 2.24) is 5.32 Å². The van der Waals surface area contributed by atoms with E-state index in [-0.39, 0.29) is 0 Å². The fourth-order valence-corrected chi connectivity index (χ4v) is 3.15. The number of anilines is 1. The third-order valence-electron chi connectivity index (χ3n) is 4.43. The van der Waals surface area contributed by atoms with Gasteiger partial charge in [-0.3, -0.25) is 0 Å². The lowest BCUT2D eigenvalue weighted by atomic mass is 10.0. The van der Waals surface area contributed by atoms with Crippen LogP contribution in [-0.2, 0) is 13.0 Å². The zero-order chi connectivity index (χ0) is 14.7. The summed E-state index contributed by atoms with van der Waals surface area (Å²) in [6, 6.07) is 18.0. The Bertz CT molecular complexity index is 592. The Labute approximate surface area is 127 Å². The summed E-state index contributed by atoms with van der Waals surface area (Å²) in [7, 11) is 2.17. The van der Waals surface area contributed by atoms with Crippen LogP contribution in [0.4, 0.5) is 5.69 Å². The molecule has 0 fully saturated rings. The Morgan fingerprint density at radius 3 is 2.71 bits per heavy atom. The van der Waals surface area contributed by atoms with Gasteiger partial charge < -0.3 is 10.2 Å². The number of rotatable bonds is 5. The molecule has 0 radical (unpaired) electrons. The lowest BCUT2D eigenvalue weighted by Crippen LogP contribution is -2.20. The van der Waals surface area contributed by atoms with Crippen LogP contribution in [-0.4, -0.2) is 13.6 Å². The molecule has 1 heterocycles. The smallest absolute Gasteiger partial charge is 0.0397 e. The predicted molar refractivity (Wildman–Crippen MR) is 89.7 cm³/mol. The summed E-state index contributed by atoms with van der Waals surface area (Å²) in [5, 5.41) is 3.69. The van der Waals surface area contributed by atoms with Gasteiger partial charge in [-0.05, 0) is 35.6 Å². The zero-order valence-electron chi connectivity index (χ0n) is 13.0. The summed E-state index contributed by atoms with van der Waals surface area (Å²) >= 11 is 0. The lowest BCUT2D eigenvalue weighted by Gasteiger charge is -2.18. The van der Waals surface area contributed by atoms with Gasteiger partial charge in [0.05, 0.1) is 0 Å². The fraction of sp³-hybridized carbons (Fsp3) is 0.368. The van der Waals surface area contributed by atoms with E-state index >= 15 is 0 Å². The largest absolute Gasteiger partial charge is 0.374 e. The van der Waals surface area contributed by atoms with Crippen LogP contribution < -0.4 is 10.2 Å². The van der Waals surface area contributed by atoms with Crippen LogP contribution in [0.15, 0.2) is 48.5 Å². The third kappa shape index (κ3) is 3.11. The molecular formula is C19H24N2. The summed E-state index contributed by atoms with van der Waals surface area (Å²) in [5.41, 5.74) is 5.65. The number of fused-ring (bicyclic) bond motifs is 1. The lowest BCUT2D eigenvalue weighted by molar-refractivity contribution is 0.519. The Morgan fingerprint density at radius 1 is 1.14 bits per heavy atom. The standard InChI is InChI=1S/C19H24N2/c1-3-18(16-7-5-4-6-8-16)20-14-15-9-10-19-17(13-15)11-12-21(19)2/h4-10,13,18,20H,3,11-12,14H2,1-2H3. The fourth-order valence-electron chi connectivity index (χ4n) is 3.15. The van der Waals surface area contributed by atoms with E-state index in [0.717, 1.165) is 19.5 Å². The van der Waals surface area contributed by atoms with Gasteiger partial charge in [-0.1, -0.05) is 49.4 Å². The molecule has 1 unspecified atom stereocenters. The SMILES string of the molecule is CCC(NCc1ccc2c(c1)CCN2C)c1ccccc1. The van der Waals surface area contributed by atoms with Crippen LogP contribution >= 0.6 is 0 Å². The summed E-state index contributed by atoms with van der Waals surface area (Å²) in [6.45, 7) is 4.32. The first-order chi connectivity index (χ1) is 10.3. The van der Waals surface area contributed by atoms with E-state index in [2.05, 4.69) is 72.7 Å². The van der Waals surface area contributed by atoms with Gasteiger partial charge in [-0.15, -0.1) is 0 Å². The molecule has 1 aliphatic heterocycles. The molecule has 0 bridgehead atoms. The molecule has 1 N–H and O–H groups in total. The molecular weight excluding hydrogens is 256 g/mol. The summed E-state index contributed by atoms with van der Waals surface area (Å²) < 4.78 is 0. The van der Waals surface area contributed by atoms with Crippen LogP contribution in [0.5, 0.6) is 0 Å². The van der Waals surface area contributed by atoms with Crippen molar-refractivity contribution >= 4 is 5.69 Å². The number of hydrogen-bond donors (Lipinski definition) is 1. The van der Waals surface area contributed by atoms with Gasteiger partial charge in [0.15, 0.2) is 0 Å². The molecule has 21 heavy (non-hydrogen) atoms. The van der Waals surface area contributed by atoms with Crippen molar-refractivity contribution in [2.24, 2.45) is 0 Å². The van der Waals surface area contributed by atoms with Gasteiger partial charge >= 0.3 is 0 Å². The van der Waals surface area contributed by atoms with Crippen molar-refractivity contribution in [3.8, 4) is 0 Å². The topological polar surface area (TPSA) is 15.3 Å². The third-order valence-corrected chi connectivity index (χ3v) is 4.43. The Hall–Kier alpha value is -1.80. The van der Waals surface area contributed by atoms with E-state index in [4.69, 9.17) is 0 Å². The average molecular weight is 280 g/mol. The summed E-state index contributed by atoms with van der Waals surface area (Å²) in [6.07, 6.45) is 2.28. The van der Waals surface area contributed by atoms with Crippen LogP contribution in [0.25, 0.3) is 0 Å². The van der Waals surface area contributed by atoms with Crippen molar-refractivity contribution < 1.29 is 0 Å². The molecule has 0 aromatic heterocycles. The van der Waals surface area contributed by atoms with Crippen molar-refractivity contribution in [3.05, 3.63) is 65.2 Å². The van der Waals surface area contributed by atoms with E-state index in [1.165, 1.54) is 28.8 Å². The molecule has 2 nitrogen and oxygen atoms in total. The Kier molecular flexibility index (Phi) is 4.26. The molecule has 3 rings (SSSR count). The molecule has 1 aliphatic rings. The van der Waals surface area contributed by atoms with E-state index in [1.54, 1.807) is 0 Å². The van der Waals surface area contributed by atoms with Crippen molar-refractivity contribution in [2.45, 2.75) is 32.4 Å². The minimum Gasteiger partial charge on any atom is -0.374 e. The van der Waals surface area contributed by atoms with Gasteiger partial charge in [-0.2, -0.15) is 0 Å². The van der Waals surface area contributed by atoms with Gasteiger partial charge in [0.1, 0.15) is 0 Å². The Morgan fingerprint density at radius 2 is 1.95 bits per heavy atom. The Balaban J connectivity index is 1.67. The molecule has 0 aliphatic carbocycles. The highest BCUT2D eigenvalue weighted by atomic mass is 15.1. The highest BCUT2D eigenvalue weighted by Gasteiger charge is 2.15. The van der Waals surface area contributed by atoms with E-state index in [9.17, 15) is 0 Å². The van der Waals surface area contributed by atoms with Gasteiger partial charge in [0, 0.05) is 31.9 Å². The first-order valence-corrected chi connectivity index (χ1v) is 7.89. The predicted octanol–water partition coefficient (Wildman–Crippen LogP) is 3.92. The zero-order valence-corrected chi connectivity index (χ0v) is 13.0. The van der Waals surface area contributed by atoms with Crippen LogP contribution in [0.3, 0.4) is 0 Å². The maximum Gasteiger partial charge on any atom is 0.0397 e. The minimum absolute atomic E-state index is 0.433. The van der Waals surface area contributed by atoms with Crippen molar-refractivity contribution in [2.75, 3.05) is 18.5 Å². The minimum atomic E-state index is 0.433. The second-order valence-electron chi connectivity index (χ2n) is 5.89. The highest BCUT2D eigenvalue weighted by molar-refractivity contribution is 5.58. The van der Waals surface area contributed by atoms with E-state index in [1.807, 2.05) is 0 Å². The van der Waals surface area contributed by atoms with E-state index < -0.39 is 0 Å².